The highest BCUT2D eigenvalue weighted by Gasteiger charge is 2.44. The second-order valence-corrected chi connectivity index (χ2v) is 11.7. The third kappa shape index (κ3) is 4.40. The fourth-order valence-corrected chi connectivity index (χ4v) is 5.93. The molecule has 0 aromatic heterocycles. The first kappa shape index (κ1) is 23.5. The van der Waals surface area contributed by atoms with Gasteiger partial charge in [-0.25, -0.2) is 4.79 Å². The summed E-state index contributed by atoms with van der Waals surface area (Å²) in [4.78, 5) is 15.2. The Morgan fingerprint density at radius 1 is 1.21 bits per heavy atom. The first-order valence-electron chi connectivity index (χ1n) is 12.3. The molecule has 0 saturated heterocycles. The van der Waals surface area contributed by atoms with E-state index in [4.69, 9.17) is 21.1 Å². The average Bonchev–Trinajstić information content (AvgIpc) is 3.01. The van der Waals surface area contributed by atoms with Gasteiger partial charge in [-0.3, -0.25) is 0 Å². The molecular formula is C28H34ClNO4. The van der Waals surface area contributed by atoms with Gasteiger partial charge in [0.15, 0.2) is 0 Å². The maximum Gasteiger partial charge on any atom is 0.338 e. The van der Waals surface area contributed by atoms with Crippen molar-refractivity contribution in [2.24, 2.45) is 11.8 Å². The summed E-state index contributed by atoms with van der Waals surface area (Å²) in [5.41, 5.74) is 3.39. The molecule has 2 aromatic rings. The van der Waals surface area contributed by atoms with Crippen molar-refractivity contribution in [1.82, 2.24) is 0 Å². The molecule has 5 nitrogen and oxygen atoms in total. The van der Waals surface area contributed by atoms with Crippen LogP contribution in [0.25, 0.3) is 0 Å². The van der Waals surface area contributed by atoms with Gasteiger partial charge in [-0.1, -0.05) is 17.7 Å². The van der Waals surface area contributed by atoms with Crippen molar-refractivity contribution in [2.75, 3.05) is 31.2 Å². The lowest BCUT2D eigenvalue weighted by Gasteiger charge is -2.42. The maximum absolute atomic E-state index is 12.8. The van der Waals surface area contributed by atoms with Crippen LogP contribution in [0.1, 0.15) is 61.5 Å². The summed E-state index contributed by atoms with van der Waals surface area (Å²) in [6.07, 6.45) is 4.17. The van der Waals surface area contributed by atoms with E-state index in [0.29, 0.717) is 24.0 Å². The van der Waals surface area contributed by atoms with Crippen molar-refractivity contribution in [2.45, 2.75) is 57.5 Å². The number of hydrogen-bond donors (Lipinski definition) is 1. The van der Waals surface area contributed by atoms with Crippen LogP contribution in [0.5, 0.6) is 5.75 Å². The maximum atomic E-state index is 12.8. The molecule has 2 aliphatic carbocycles. The van der Waals surface area contributed by atoms with Gasteiger partial charge in [0.1, 0.15) is 11.4 Å². The molecule has 6 heteroatoms. The molecule has 0 amide bonds. The van der Waals surface area contributed by atoms with Gasteiger partial charge in [0.2, 0.25) is 0 Å². The molecule has 0 radical (unpaired) electrons. The Bertz CT molecular complexity index is 1090. The summed E-state index contributed by atoms with van der Waals surface area (Å²) in [7, 11) is 0. The molecular weight excluding hydrogens is 450 g/mol. The van der Waals surface area contributed by atoms with E-state index in [1.54, 1.807) is 6.07 Å². The highest BCUT2D eigenvalue weighted by atomic mass is 35.5. The first-order chi connectivity index (χ1) is 16.2. The number of esters is 1. The van der Waals surface area contributed by atoms with Crippen LogP contribution in [0.15, 0.2) is 36.4 Å². The van der Waals surface area contributed by atoms with Crippen LogP contribution >= 0.6 is 11.6 Å². The Hall–Kier alpha value is -2.24. The first-order valence-corrected chi connectivity index (χ1v) is 12.7. The van der Waals surface area contributed by atoms with Crippen molar-refractivity contribution in [3.8, 4) is 5.75 Å². The monoisotopic (exact) mass is 483 g/mol. The van der Waals surface area contributed by atoms with Crippen LogP contribution in [0.3, 0.4) is 0 Å². The number of fused-ring (bicyclic) bond motifs is 3. The minimum absolute atomic E-state index is 0.135. The van der Waals surface area contributed by atoms with Crippen molar-refractivity contribution in [1.29, 1.82) is 0 Å². The van der Waals surface area contributed by atoms with Crippen molar-refractivity contribution in [3.05, 3.63) is 58.1 Å². The second-order valence-electron chi connectivity index (χ2n) is 11.2. The van der Waals surface area contributed by atoms with Gasteiger partial charge in [0.25, 0.3) is 0 Å². The number of carbonyl (C=O) groups is 1. The number of aliphatic hydroxyl groups excluding tert-OH is 1. The van der Waals surface area contributed by atoms with E-state index < -0.39 is 5.60 Å². The molecule has 34 heavy (non-hydrogen) atoms. The van der Waals surface area contributed by atoms with Gasteiger partial charge in [0, 0.05) is 30.1 Å². The lowest BCUT2D eigenvalue weighted by molar-refractivity contribution is 0.00695. The van der Waals surface area contributed by atoms with Gasteiger partial charge < -0.3 is 19.5 Å². The zero-order valence-electron chi connectivity index (χ0n) is 20.3. The molecule has 3 aliphatic rings. The summed E-state index contributed by atoms with van der Waals surface area (Å²) in [5.74, 6) is 1.25. The molecule has 1 saturated carbocycles. The highest BCUT2D eigenvalue weighted by molar-refractivity contribution is 6.30. The van der Waals surface area contributed by atoms with E-state index in [0.717, 1.165) is 55.2 Å². The van der Waals surface area contributed by atoms with Crippen LogP contribution in [0.4, 0.5) is 5.69 Å². The van der Waals surface area contributed by atoms with E-state index in [-0.39, 0.29) is 18.0 Å². The second kappa shape index (κ2) is 8.76. The topological polar surface area (TPSA) is 59.0 Å². The normalized spacial score (nSPS) is 25.7. The van der Waals surface area contributed by atoms with Crippen LogP contribution in [-0.4, -0.2) is 43.0 Å². The van der Waals surface area contributed by atoms with Crippen LogP contribution in [0, 0.1) is 11.8 Å². The van der Waals surface area contributed by atoms with Gasteiger partial charge in [-0.05, 0) is 99.7 Å². The van der Waals surface area contributed by atoms with Gasteiger partial charge in [-0.2, -0.15) is 0 Å². The summed E-state index contributed by atoms with van der Waals surface area (Å²) < 4.78 is 12.1. The Balaban J connectivity index is 1.51. The summed E-state index contributed by atoms with van der Waals surface area (Å²) in [5, 5.41) is 10.6. The van der Waals surface area contributed by atoms with Crippen molar-refractivity contribution < 1.29 is 19.4 Å². The molecule has 0 bridgehead atoms. The van der Waals surface area contributed by atoms with Crippen molar-refractivity contribution in [3.63, 3.8) is 0 Å². The molecule has 1 unspecified atom stereocenters. The van der Waals surface area contributed by atoms with Crippen LogP contribution < -0.4 is 9.64 Å². The third-order valence-electron chi connectivity index (χ3n) is 7.71. The average molecular weight is 484 g/mol. The van der Waals surface area contributed by atoms with Crippen LogP contribution in [0.2, 0.25) is 5.02 Å². The zero-order valence-corrected chi connectivity index (χ0v) is 21.0. The van der Waals surface area contributed by atoms with Crippen LogP contribution in [-0.2, 0) is 16.6 Å². The van der Waals surface area contributed by atoms with E-state index in [1.165, 1.54) is 11.1 Å². The number of anilines is 1. The van der Waals surface area contributed by atoms with Gasteiger partial charge in [-0.15, -0.1) is 0 Å². The lowest BCUT2D eigenvalue weighted by Crippen LogP contribution is -2.46. The SMILES string of the molecule is CC(C)(C)OC(=O)c1ccc2c(c1)N(C[C@@H]1CC[C@H]1CO)CC1(CCc3cc(Cl)ccc31)CO2. The van der Waals surface area contributed by atoms with E-state index in [1.807, 2.05) is 39.0 Å². The Labute approximate surface area is 207 Å². The number of aliphatic hydroxyl groups is 1. The van der Waals surface area contributed by atoms with Gasteiger partial charge in [0.05, 0.1) is 17.9 Å². The number of aryl methyl sites for hydroxylation is 1. The van der Waals surface area contributed by atoms with E-state index in [2.05, 4.69) is 17.0 Å². The molecule has 1 fully saturated rings. The fraction of sp³-hybridized carbons (Fsp3) is 0.536. The largest absolute Gasteiger partial charge is 0.490 e. The minimum Gasteiger partial charge on any atom is -0.490 e. The van der Waals surface area contributed by atoms with Gasteiger partial charge >= 0.3 is 5.97 Å². The number of hydrogen-bond acceptors (Lipinski definition) is 5. The summed E-state index contributed by atoms with van der Waals surface area (Å²) in [6, 6.07) is 11.8. The molecule has 1 aliphatic heterocycles. The third-order valence-corrected chi connectivity index (χ3v) is 7.94. The number of halogens is 1. The number of carbonyl (C=O) groups excluding carboxylic acids is 1. The lowest BCUT2D eigenvalue weighted by atomic mass is 9.73. The van der Waals surface area contributed by atoms with E-state index in [9.17, 15) is 9.90 Å². The number of nitrogens with zero attached hydrogens (tertiary/aromatic N) is 1. The smallest absolute Gasteiger partial charge is 0.338 e. The summed E-state index contributed by atoms with van der Waals surface area (Å²) in [6.45, 7) is 8.09. The number of ether oxygens (including phenoxy) is 2. The quantitative estimate of drug-likeness (QED) is 0.590. The number of rotatable bonds is 4. The molecule has 182 valence electrons. The standard InChI is InChI=1S/C28H34ClNO4/c1-27(2,3)34-26(32)19-6-9-25-24(13-19)30(14-20-4-5-21(20)15-31)16-28(17-33-25)11-10-18-12-22(29)7-8-23(18)28/h6-9,12-13,20-21,31H,4-5,10-11,14-17H2,1-3H3/t20-,21-,28?/m0/s1. The van der Waals surface area contributed by atoms with Crippen molar-refractivity contribution >= 4 is 23.3 Å². The molecule has 1 N–H and O–H groups in total. The molecule has 1 spiro atoms. The zero-order chi connectivity index (χ0) is 24.1. The fourth-order valence-electron chi connectivity index (χ4n) is 5.74. The molecule has 5 rings (SSSR count). The Kier molecular flexibility index (Phi) is 6.06. The minimum atomic E-state index is -0.556. The summed E-state index contributed by atoms with van der Waals surface area (Å²) >= 11 is 6.30. The van der Waals surface area contributed by atoms with E-state index >= 15 is 0 Å². The molecule has 3 atom stereocenters. The molecule has 2 aromatic carbocycles. The highest BCUT2D eigenvalue weighted by Crippen LogP contribution is 2.47. The Morgan fingerprint density at radius 3 is 2.71 bits per heavy atom. The molecule has 1 heterocycles. The predicted molar refractivity (Wildman–Crippen MR) is 134 cm³/mol. The predicted octanol–water partition coefficient (Wildman–Crippen LogP) is 5.40. The number of benzene rings is 2. The Morgan fingerprint density at radius 2 is 2.00 bits per heavy atom.